The normalized spacial score (nSPS) is 19.7. The Kier molecular flexibility index (Phi) is 5.69. The molecule has 1 aromatic rings. The lowest BCUT2D eigenvalue weighted by molar-refractivity contribution is 0.0148. The summed E-state index contributed by atoms with van der Waals surface area (Å²) in [6.45, 7) is 3.83. The summed E-state index contributed by atoms with van der Waals surface area (Å²) < 4.78 is 11.4. The average Bonchev–Trinajstić information content (AvgIpc) is 3.23. The SMILES string of the molecule is CCCCCC[C@H](OCc1ccccc1)[C@@H]1CO1. The van der Waals surface area contributed by atoms with E-state index in [2.05, 4.69) is 31.2 Å². The van der Waals surface area contributed by atoms with Gasteiger partial charge in [-0.15, -0.1) is 0 Å². The first-order valence-corrected chi connectivity index (χ1v) is 7.17. The van der Waals surface area contributed by atoms with Crippen LogP contribution in [-0.4, -0.2) is 18.8 Å². The lowest BCUT2D eigenvalue weighted by atomic mass is 10.1. The van der Waals surface area contributed by atoms with Gasteiger partial charge in [-0.05, 0) is 12.0 Å². The maximum atomic E-state index is 6.01. The predicted molar refractivity (Wildman–Crippen MR) is 73.5 cm³/mol. The molecule has 0 radical (unpaired) electrons. The van der Waals surface area contributed by atoms with Crippen LogP contribution >= 0.6 is 0 Å². The van der Waals surface area contributed by atoms with Crippen molar-refractivity contribution in [3.8, 4) is 0 Å². The largest absolute Gasteiger partial charge is 0.371 e. The Bertz CT molecular complexity index is 319. The molecule has 1 heterocycles. The Balaban J connectivity index is 1.69. The molecule has 0 unspecified atom stereocenters. The van der Waals surface area contributed by atoms with E-state index in [9.17, 15) is 0 Å². The number of epoxide rings is 1. The molecule has 2 atom stereocenters. The summed E-state index contributed by atoms with van der Waals surface area (Å²) in [6.07, 6.45) is 6.98. The van der Waals surface area contributed by atoms with Gasteiger partial charge in [-0.25, -0.2) is 0 Å². The van der Waals surface area contributed by atoms with Gasteiger partial charge in [0.1, 0.15) is 6.10 Å². The van der Waals surface area contributed by atoms with Crippen molar-refractivity contribution in [2.45, 2.75) is 57.8 Å². The topological polar surface area (TPSA) is 21.8 Å². The van der Waals surface area contributed by atoms with Crippen molar-refractivity contribution in [2.24, 2.45) is 0 Å². The first-order valence-electron chi connectivity index (χ1n) is 7.17. The van der Waals surface area contributed by atoms with E-state index in [4.69, 9.17) is 9.47 Å². The Labute approximate surface area is 110 Å². The zero-order valence-corrected chi connectivity index (χ0v) is 11.3. The second-order valence-corrected chi connectivity index (χ2v) is 5.06. The Morgan fingerprint density at radius 2 is 2.00 bits per heavy atom. The van der Waals surface area contributed by atoms with Crippen molar-refractivity contribution in [1.82, 2.24) is 0 Å². The fourth-order valence-electron chi connectivity index (χ4n) is 2.20. The molecule has 2 rings (SSSR count). The molecule has 0 N–H and O–H groups in total. The summed E-state index contributed by atoms with van der Waals surface area (Å²) in [5.41, 5.74) is 1.25. The van der Waals surface area contributed by atoms with Gasteiger partial charge >= 0.3 is 0 Å². The highest BCUT2D eigenvalue weighted by atomic mass is 16.6. The Morgan fingerprint density at radius 3 is 2.67 bits per heavy atom. The van der Waals surface area contributed by atoms with Crippen LogP contribution in [0.4, 0.5) is 0 Å². The number of hydrogen-bond donors (Lipinski definition) is 0. The molecule has 0 spiro atoms. The zero-order chi connectivity index (χ0) is 12.6. The third-order valence-electron chi connectivity index (χ3n) is 3.42. The summed E-state index contributed by atoms with van der Waals surface area (Å²) in [5.74, 6) is 0. The molecular weight excluding hydrogens is 224 g/mol. The number of unbranched alkanes of at least 4 members (excludes halogenated alkanes) is 3. The van der Waals surface area contributed by atoms with Crippen LogP contribution in [0.15, 0.2) is 30.3 Å². The van der Waals surface area contributed by atoms with Gasteiger partial charge in [0, 0.05) is 0 Å². The van der Waals surface area contributed by atoms with E-state index >= 15 is 0 Å². The Hall–Kier alpha value is -0.860. The molecule has 100 valence electrons. The smallest absolute Gasteiger partial charge is 0.107 e. The molecule has 1 fully saturated rings. The van der Waals surface area contributed by atoms with Crippen molar-refractivity contribution < 1.29 is 9.47 Å². The molecule has 2 heteroatoms. The van der Waals surface area contributed by atoms with Crippen molar-refractivity contribution >= 4 is 0 Å². The fourth-order valence-corrected chi connectivity index (χ4v) is 2.20. The van der Waals surface area contributed by atoms with Crippen LogP contribution in [0.25, 0.3) is 0 Å². The second kappa shape index (κ2) is 7.55. The van der Waals surface area contributed by atoms with Crippen molar-refractivity contribution in [3.05, 3.63) is 35.9 Å². The summed E-state index contributed by atoms with van der Waals surface area (Å²) in [4.78, 5) is 0. The number of ether oxygens (including phenoxy) is 2. The summed E-state index contributed by atoms with van der Waals surface area (Å²) in [7, 11) is 0. The molecule has 0 aliphatic carbocycles. The van der Waals surface area contributed by atoms with Gasteiger partial charge in [-0.3, -0.25) is 0 Å². The third-order valence-corrected chi connectivity index (χ3v) is 3.42. The second-order valence-electron chi connectivity index (χ2n) is 5.06. The predicted octanol–water partition coefficient (Wildman–Crippen LogP) is 3.94. The Morgan fingerprint density at radius 1 is 1.22 bits per heavy atom. The third kappa shape index (κ3) is 4.79. The minimum absolute atomic E-state index is 0.294. The van der Waals surface area contributed by atoms with Crippen LogP contribution in [0.5, 0.6) is 0 Å². The van der Waals surface area contributed by atoms with E-state index in [1.165, 1.54) is 31.2 Å². The maximum absolute atomic E-state index is 6.01. The fraction of sp³-hybridized carbons (Fsp3) is 0.625. The molecule has 2 nitrogen and oxygen atoms in total. The van der Waals surface area contributed by atoms with Crippen LogP contribution in [0, 0.1) is 0 Å². The number of hydrogen-bond acceptors (Lipinski definition) is 2. The van der Waals surface area contributed by atoms with Gasteiger partial charge < -0.3 is 9.47 Å². The quantitative estimate of drug-likeness (QED) is 0.487. The molecule has 0 saturated carbocycles. The van der Waals surface area contributed by atoms with Crippen molar-refractivity contribution in [3.63, 3.8) is 0 Å². The lowest BCUT2D eigenvalue weighted by Gasteiger charge is -2.15. The number of benzene rings is 1. The van der Waals surface area contributed by atoms with E-state index in [0.717, 1.165) is 13.0 Å². The molecule has 18 heavy (non-hydrogen) atoms. The van der Waals surface area contributed by atoms with Crippen LogP contribution < -0.4 is 0 Å². The van der Waals surface area contributed by atoms with Crippen LogP contribution in [0.2, 0.25) is 0 Å². The monoisotopic (exact) mass is 248 g/mol. The summed E-state index contributed by atoms with van der Waals surface area (Å²) in [5, 5.41) is 0. The first-order chi connectivity index (χ1) is 8.90. The van der Waals surface area contributed by atoms with E-state index < -0.39 is 0 Å². The molecule has 1 aliphatic heterocycles. The highest BCUT2D eigenvalue weighted by molar-refractivity contribution is 5.13. The van der Waals surface area contributed by atoms with Gasteiger partial charge in [0.05, 0.1) is 19.3 Å². The van der Waals surface area contributed by atoms with Crippen molar-refractivity contribution in [1.29, 1.82) is 0 Å². The average molecular weight is 248 g/mol. The van der Waals surface area contributed by atoms with Crippen LogP contribution in [0.1, 0.15) is 44.6 Å². The van der Waals surface area contributed by atoms with Crippen LogP contribution in [-0.2, 0) is 16.1 Å². The highest BCUT2D eigenvalue weighted by Crippen LogP contribution is 2.23. The minimum atomic E-state index is 0.294. The summed E-state index contributed by atoms with van der Waals surface area (Å²) >= 11 is 0. The highest BCUT2D eigenvalue weighted by Gasteiger charge is 2.32. The lowest BCUT2D eigenvalue weighted by Crippen LogP contribution is -2.19. The van der Waals surface area contributed by atoms with E-state index in [-0.39, 0.29) is 0 Å². The van der Waals surface area contributed by atoms with Gasteiger partial charge in [-0.1, -0.05) is 62.9 Å². The maximum Gasteiger partial charge on any atom is 0.107 e. The van der Waals surface area contributed by atoms with Crippen molar-refractivity contribution in [2.75, 3.05) is 6.61 Å². The summed E-state index contributed by atoms with van der Waals surface area (Å²) in [6, 6.07) is 10.4. The molecule has 1 aliphatic rings. The standard InChI is InChI=1S/C16H24O2/c1-2-3-4-8-11-15(16-13-18-16)17-12-14-9-6-5-7-10-14/h5-7,9-10,15-16H,2-4,8,11-13H2,1H3/t15-,16-/m0/s1. The molecule has 1 aromatic carbocycles. The van der Waals surface area contributed by atoms with Gasteiger partial charge in [0.2, 0.25) is 0 Å². The molecule has 0 aromatic heterocycles. The molecule has 1 saturated heterocycles. The van der Waals surface area contributed by atoms with Gasteiger partial charge in [0.15, 0.2) is 0 Å². The van der Waals surface area contributed by atoms with E-state index in [0.29, 0.717) is 18.8 Å². The minimum Gasteiger partial charge on any atom is -0.371 e. The van der Waals surface area contributed by atoms with Gasteiger partial charge in [-0.2, -0.15) is 0 Å². The van der Waals surface area contributed by atoms with Gasteiger partial charge in [0.25, 0.3) is 0 Å². The first kappa shape index (κ1) is 13.6. The van der Waals surface area contributed by atoms with Crippen LogP contribution in [0.3, 0.4) is 0 Å². The zero-order valence-electron chi connectivity index (χ0n) is 11.3. The molecule has 0 amide bonds. The van der Waals surface area contributed by atoms with E-state index in [1.54, 1.807) is 0 Å². The van der Waals surface area contributed by atoms with E-state index in [1.807, 2.05) is 6.07 Å². The number of rotatable bonds is 9. The molecular formula is C16H24O2. The molecule has 0 bridgehead atoms.